The summed E-state index contributed by atoms with van der Waals surface area (Å²) in [5.41, 5.74) is 0.341. The fourth-order valence-electron chi connectivity index (χ4n) is 0.711. The maximum absolute atomic E-state index is 10.8. The Hall–Kier alpha value is -1.65. The van der Waals surface area contributed by atoms with E-state index in [0.717, 1.165) is 6.20 Å². The minimum Gasteiger partial charge on any atom is -0.438 e. The Labute approximate surface area is 54.7 Å². The van der Waals surface area contributed by atoms with Crippen LogP contribution in [0.2, 0.25) is 0 Å². The third-order valence-corrected chi connectivity index (χ3v) is 1.14. The van der Waals surface area contributed by atoms with Crippen LogP contribution in [0.25, 0.3) is 11.2 Å². The van der Waals surface area contributed by atoms with E-state index in [2.05, 4.69) is 15.2 Å². The summed E-state index contributed by atoms with van der Waals surface area (Å²) in [5, 5.41) is 6.04. The van der Waals surface area contributed by atoms with Crippen LogP contribution in [-0.4, -0.2) is 15.2 Å². The first-order chi connectivity index (χ1) is 4.88. The maximum Gasteiger partial charge on any atom is 0.244 e. The van der Waals surface area contributed by atoms with Gasteiger partial charge in [-0.05, 0) is 0 Å². The lowest BCUT2D eigenvalue weighted by molar-refractivity contribution is 0.599. The number of H-pyrrole nitrogens is 1. The molecule has 0 amide bonds. The van der Waals surface area contributed by atoms with Gasteiger partial charge in [0.1, 0.15) is 0 Å². The Kier molecular flexibility index (Phi) is 0.858. The molecule has 5 heteroatoms. The van der Waals surface area contributed by atoms with Gasteiger partial charge in [-0.2, -0.15) is 10.1 Å². The Balaban J connectivity index is 3.09. The van der Waals surface area contributed by atoms with E-state index < -0.39 is 0 Å². The van der Waals surface area contributed by atoms with Gasteiger partial charge in [-0.1, -0.05) is 0 Å². The normalized spacial score (nSPS) is 10.4. The lowest BCUT2D eigenvalue weighted by Gasteiger charge is -1.80. The largest absolute Gasteiger partial charge is 0.438 e. The van der Waals surface area contributed by atoms with Crippen molar-refractivity contribution in [2.45, 2.75) is 0 Å². The van der Waals surface area contributed by atoms with Crippen molar-refractivity contribution in [2.75, 3.05) is 0 Å². The summed E-state index contributed by atoms with van der Waals surface area (Å²) in [4.78, 5) is 14.5. The number of aromatic amines is 1. The van der Waals surface area contributed by atoms with Gasteiger partial charge in [-0.15, -0.1) is 0 Å². The van der Waals surface area contributed by atoms with E-state index in [-0.39, 0.29) is 11.0 Å². The van der Waals surface area contributed by atoms with Crippen LogP contribution in [0.1, 0.15) is 0 Å². The van der Waals surface area contributed by atoms with Crippen LogP contribution in [0, 0.1) is 0 Å². The molecule has 50 valence electrons. The summed E-state index contributed by atoms with van der Waals surface area (Å²) >= 11 is 0. The van der Waals surface area contributed by atoms with Crippen LogP contribution in [0.15, 0.2) is 21.8 Å². The molecule has 0 atom stereocenters. The molecule has 1 N–H and O–H groups in total. The van der Waals surface area contributed by atoms with Crippen molar-refractivity contribution in [2.24, 2.45) is 0 Å². The minimum atomic E-state index is -0.258. The molecule has 2 aromatic rings. The highest BCUT2D eigenvalue weighted by molar-refractivity contribution is 5.64. The number of aromatic nitrogens is 3. The summed E-state index contributed by atoms with van der Waals surface area (Å²) in [6.45, 7) is 0. The zero-order chi connectivity index (χ0) is 6.97. The molecule has 0 spiro atoms. The number of fused-ring (bicyclic) bond motifs is 1. The van der Waals surface area contributed by atoms with Gasteiger partial charge in [-0.3, -0.25) is 9.89 Å². The molecule has 0 aliphatic carbocycles. The van der Waals surface area contributed by atoms with Crippen molar-refractivity contribution >= 4 is 11.2 Å². The zero-order valence-corrected chi connectivity index (χ0v) is 4.87. The lowest BCUT2D eigenvalue weighted by Crippen LogP contribution is -2.00. The van der Waals surface area contributed by atoms with Crippen LogP contribution in [0.5, 0.6) is 0 Å². The summed E-state index contributed by atoms with van der Waals surface area (Å²) in [5.74, 6) is 0. The molecule has 2 heterocycles. The predicted octanol–water partition coefficient (Wildman–Crippen LogP) is -0.0889. The van der Waals surface area contributed by atoms with Crippen LogP contribution in [-0.2, 0) is 0 Å². The van der Waals surface area contributed by atoms with Crippen LogP contribution in [0.4, 0.5) is 0 Å². The molecule has 10 heavy (non-hydrogen) atoms. The van der Waals surface area contributed by atoms with Crippen LogP contribution in [0.3, 0.4) is 0 Å². The molecular weight excluding hydrogens is 134 g/mol. The molecule has 0 fully saturated rings. The first-order valence-corrected chi connectivity index (χ1v) is 2.65. The molecule has 5 nitrogen and oxygen atoms in total. The highest BCUT2D eigenvalue weighted by Crippen LogP contribution is 1.99. The summed E-state index contributed by atoms with van der Waals surface area (Å²) in [7, 11) is 0. The quantitative estimate of drug-likeness (QED) is 0.550. The van der Waals surface area contributed by atoms with Crippen LogP contribution < -0.4 is 5.43 Å². The third kappa shape index (κ3) is 0.540. The maximum atomic E-state index is 10.8. The second-order valence-corrected chi connectivity index (χ2v) is 1.76. The van der Waals surface area contributed by atoms with E-state index in [1.54, 1.807) is 0 Å². The molecule has 0 aliphatic rings. The predicted molar refractivity (Wildman–Crippen MR) is 32.4 cm³/mol. The van der Waals surface area contributed by atoms with Crippen molar-refractivity contribution in [3.05, 3.63) is 22.8 Å². The number of hydrogen-bond acceptors (Lipinski definition) is 4. The fourth-order valence-corrected chi connectivity index (χ4v) is 0.711. The first-order valence-electron chi connectivity index (χ1n) is 2.65. The van der Waals surface area contributed by atoms with Crippen LogP contribution >= 0.6 is 0 Å². The Morgan fingerprint density at radius 1 is 1.60 bits per heavy atom. The Morgan fingerprint density at radius 2 is 2.50 bits per heavy atom. The number of hydrogen-bond donors (Lipinski definition) is 1. The van der Waals surface area contributed by atoms with E-state index in [1.807, 2.05) is 0 Å². The van der Waals surface area contributed by atoms with E-state index in [0.29, 0.717) is 5.65 Å². The average Bonchev–Trinajstić information content (AvgIpc) is 2.36. The zero-order valence-electron chi connectivity index (χ0n) is 4.87. The number of rotatable bonds is 0. The van der Waals surface area contributed by atoms with E-state index in [1.165, 1.54) is 6.39 Å². The highest BCUT2D eigenvalue weighted by Gasteiger charge is 2.00. The van der Waals surface area contributed by atoms with Crippen molar-refractivity contribution in [1.82, 2.24) is 15.2 Å². The summed E-state index contributed by atoms with van der Waals surface area (Å²) in [6.07, 6.45) is 2.34. The van der Waals surface area contributed by atoms with Gasteiger partial charge >= 0.3 is 0 Å². The summed E-state index contributed by atoms with van der Waals surface area (Å²) < 4.78 is 4.75. The van der Waals surface area contributed by atoms with E-state index >= 15 is 0 Å². The molecule has 0 aromatic carbocycles. The summed E-state index contributed by atoms with van der Waals surface area (Å²) in [6, 6.07) is 0. The van der Waals surface area contributed by atoms with Gasteiger partial charge in [0.2, 0.25) is 11.0 Å². The molecule has 2 aromatic heterocycles. The smallest absolute Gasteiger partial charge is 0.244 e. The van der Waals surface area contributed by atoms with E-state index in [4.69, 9.17) is 4.42 Å². The fraction of sp³-hybridized carbons (Fsp3) is 0. The van der Waals surface area contributed by atoms with Gasteiger partial charge in [0.15, 0.2) is 12.0 Å². The Bertz CT molecular complexity index is 402. The number of nitrogens with one attached hydrogen (secondary N) is 1. The number of oxazole rings is 1. The molecule has 0 saturated carbocycles. The molecule has 0 bridgehead atoms. The van der Waals surface area contributed by atoms with Crippen molar-refractivity contribution < 1.29 is 4.42 Å². The molecule has 0 saturated heterocycles. The topological polar surface area (TPSA) is 71.8 Å². The Morgan fingerprint density at radius 3 is 3.30 bits per heavy atom. The first kappa shape index (κ1) is 5.16. The van der Waals surface area contributed by atoms with Gasteiger partial charge < -0.3 is 4.42 Å². The van der Waals surface area contributed by atoms with Crippen molar-refractivity contribution in [3.8, 4) is 0 Å². The molecular formula is C5H3N3O2. The van der Waals surface area contributed by atoms with Crippen molar-refractivity contribution in [3.63, 3.8) is 0 Å². The van der Waals surface area contributed by atoms with Gasteiger partial charge in [0, 0.05) is 0 Å². The third-order valence-electron chi connectivity index (χ3n) is 1.14. The van der Waals surface area contributed by atoms with E-state index in [9.17, 15) is 4.79 Å². The highest BCUT2D eigenvalue weighted by atomic mass is 16.3. The van der Waals surface area contributed by atoms with Gasteiger partial charge in [0.05, 0.1) is 6.20 Å². The second kappa shape index (κ2) is 1.66. The lowest BCUT2D eigenvalue weighted by atomic mass is 10.5. The average molecular weight is 137 g/mol. The van der Waals surface area contributed by atoms with Crippen molar-refractivity contribution in [1.29, 1.82) is 0 Å². The molecule has 0 aliphatic heterocycles. The standard InChI is InChI=1S/C5H3N3O2/c9-3-1-7-8-5-4(3)10-2-6-5/h1-2H,(H,8,9). The minimum absolute atomic E-state index is 0.218. The van der Waals surface area contributed by atoms with Gasteiger partial charge in [0.25, 0.3) is 0 Å². The number of nitrogens with zero attached hydrogens (tertiary/aromatic N) is 2. The SMILES string of the molecule is O=c1cn[nH]c2ncoc12. The second-order valence-electron chi connectivity index (χ2n) is 1.76. The van der Waals surface area contributed by atoms with Gasteiger partial charge in [-0.25, -0.2) is 0 Å². The molecule has 2 rings (SSSR count). The monoisotopic (exact) mass is 137 g/mol. The molecule has 0 radical (unpaired) electrons. The molecule has 0 unspecified atom stereocenters.